The van der Waals surface area contributed by atoms with Gasteiger partial charge in [0.15, 0.2) is 5.82 Å². The van der Waals surface area contributed by atoms with Crippen molar-refractivity contribution in [2.45, 2.75) is 19.4 Å². The summed E-state index contributed by atoms with van der Waals surface area (Å²) in [6.07, 6.45) is 1.62. The number of nitrogens with one attached hydrogen (secondary N) is 1. The molecule has 0 saturated heterocycles. The molecule has 160 valence electrons. The number of aromatic nitrogens is 1. The van der Waals surface area contributed by atoms with E-state index in [0.717, 1.165) is 12.8 Å². The fraction of sp³-hybridized carbons (Fsp3) is 0.167. The number of hydrogen-bond acceptors (Lipinski definition) is 6. The number of anilines is 1. The van der Waals surface area contributed by atoms with E-state index in [9.17, 15) is 24.8 Å². The summed E-state index contributed by atoms with van der Waals surface area (Å²) in [5.41, 5.74) is 0.686. The zero-order chi connectivity index (χ0) is 22.4. The summed E-state index contributed by atoms with van der Waals surface area (Å²) in [5.74, 6) is -1.90. The molecule has 1 aliphatic heterocycles. The van der Waals surface area contributed by atoms with E-state index in [4.69, 9.17) is 0 Å². The Morgan fingerprint density at radius 1 is 0.938 bits per heavy atom. The zero-order valence-electron chi connectivity index (χ0n) is 17.0. The number of nitrogens with zero attached hydrogens (tertiary/aromatic N) is 2. The van der Waals surface area contributed by atoms with Crippen LogP contribution in [0.2, 0.25) is 0 Å². The van der Waals surface area contributed by atoms with Gasteiger partial charge in [-0.2, -0.15) is 0 Å². The first kappa shape index (κ1) is 19.7. The molecule has 0 saturated carbocycles. The lowest BCUT2D eigenvalue weighted by Gasteiger charge is -2.18. The van der Waals surface area contributed by atoms with Crippen molar-refractivity contribution < 1.29 is 19.6 Å². The molecule has 5 rings (SSSR count). The van der Waals surface area contributed by atoms with Gasteiger partial charge in [-0.05, 0) is 18.4 Å². The van der Waals surface area contributed by atoms with Crippen LogP contribution in [-0.4, -0.2) is 32.7 Å². The van der Waals surface area contributed by atoms with Crippen molar-refractivity contribution in [3.8, 4) is 11.3 Å². The second-order valence-corrected chi connectivity index (χ2v) is 7.76. The topological polar surface area (TPSA) is 114 Å². The Labute approximate surface area is 183 Å². The minimum atomic E-state index is -0.956. The average Bonchev–Trinajstić information content (AvgIpc) is 2.94. The van der Waals surface area contributed by atoms with Gasteiger partial charge in [0, 0.05) is 24.2 Å². The summed E-state index contributed by atoms with van der Waals surface area (Å²) < 4.78 is 1.79. The first-order chi connectivity index (χ1) is 15.5. The summed E-state index contributed by atoms with van der Waals surface area (Å²) >= 11 is 0. The molecule has 0 bridgehead atoms. The van der Waals surface area contributed by atoms with Crippen LogP contribution in [0.1, 0.15) is 34.3 Å². The van der Waals surface area contributed by atoms with Gasteiger partial charge in [-0.1, -0.05) is 54.6 Å². The lowest BCUT2D eigenvalue weighted by atomic mass is 9.84. The maximum absolute atomic E-state index is 13.2. The van der Waals surface area contributed by atoms with Crippen molar-refractivity contribution in [3.63, 3.8) is 0 Å². The Morgan fingerprint density at radius 3 is 2.34 bits per heavy atom. The number of carbonyl (C=O) groups excluding carboxylic acids is 2. The van der Waals surface area contributed by atoms with Crippen LogP contribution in [0.25, 0.3) is 22.6 Å². The fourth-order valence-corrected chi connectivity index (χ4v) is 4.52. The molecule has 1 aromatic heterocycles. The number of rotatable bonds is 3. The molecule has 0 atom stereocenters. The Bertz CT molecular complexity index is 1320. The highest BCUT2D eigenvalue weighted by molar-refractivity contribution is 6.62. The number of nitro groups is 1. The summed E-state index contributed by atoms with van der Waals surface area (Å²) in [5, 5.41) is 26.5. The van der Waals surface area contributed by atoms with Gasteiger partial charge in [-0.3, -0.25) is 19.7 Å². The standard InChI is InChI=1S/C24H19N3O5/c28-21-15-10-4-5-11-16(15)22(29)23(30)18(21)17-19(14-8-2-1-3-9-14)26-13-7-6-12-25-24(26)20(17)27(31)32/h1-5,8-11,25,28H,6-7,12-13H2. The van der Waals surface area contributed by atoms with E-state index in [2.05, 4.69) is 5.32 Å². The predicted molar refractivity (Wildman–Crippen MR) is 119 cm³/mol. The molecule has 2 heterocycles. The van der Waals surface area contributed by atoms with E-state index in [1.165, 1.54) is 12.1 Å². The van der Waals surface area contributed by atoms with Crippen LogP contribution in [0.4, 0.5) is 11.5 Å². The zero-order valence-corrected chi connectivity index (χ0v) is 17.0. The van der Waals surface area contributed by atoms with Gasteiger partial charge in [0.05, 0.1) is 21.8 Å². The third kappa shape index (κ3) is 2.84. The molecule has 2 N–H and O–H groups in total. The average molecular weight is 429 g/mol. The molecule has 0 fully saturated rings. The normalized spacial score (nSPS) is 15.6. The van der Waals surface area contributed by atoms with E-state index in [-0.39, 0.29) is 33.8 Å². The third-order valence-electron chi connectivity index (χ3n) is 5.92. The number of benzene rings is 2. The van der Waals surface area contributed by atoms with Crippen molar-refractivity contribution in [1.29, 1.82) is 0 Å². The molecule has 2 aromatic carbocycles. The van der Waals surface area contributed by atoms with Crippen LogP contribution >= 0.6 is 0 Å². The van der Waals surface area contributed by atoms with Crippen molar-refractivity contribution >= 4 is 34.4 Å². The molecule has 0 unspecified atom stereocenters. The maximum atomic E-state index is 13.2. The molecular formula is C24H19N3O5. The molecule has 2 aliphatic rings. The number of carbonyl (C=O) groups is 2. The van der Waals surface area contributed by atoms with Gasteiger partial charge in [-0.25, -0.2) is 0 Å². The molecule has 0 radical (unpaired) electrons. The van der Waals surface area contributed by atoms with Gasteiger partial charge in [0.1, 0.15) is 5.76 Å². The minimum Gasteiger partial charge on any atom is -0.506 e. The number of aliphatic hydroxyl groups is 1. The minimum absolute atomic E-state index is 0.0315. The molecular weight excluding hydrogens is 410 g/mol. The number of Topliss-reactive ketones (excluding diaryl/α,β-unsaturated/α-hetero) is 2. The lowest BCUT2D eigenvalue weighted by Crippen LogP contribution is -2.23. The van der Waals surface area contributed by atoms with Crippen LogP contribution in [0.15, 0.2) is 54.6 Å². The highest BCUT2D eigenvalue weighted by Crippen LogP contribution is 2.48. The second kappa shape index (κ2) is 7.49. The van der Waals surface area contributed by atoms with Gasteiger partial charge in [0.2, 0.25) is 11.6 Å². The Kier molecular flexibility index (Phi) is 4.62. The molecule has 8 heteroatoms. The molecule has 8 nitrogen and oxygen atoms in total. The predicted octanol–water partition coefficient (Wildman–Crippen LogP) is 4.46. The van der Waals surface area contributed by atoms with Gasteiger partial charge in [0.25, 0.3) is 0 Å². The molecule has 3 aromatic rings. The van der Waals surface area contributed by atoms with Crippen LogP contribution < -0.4 is 5.32 Å². The summed E-state index contributed by atoms with van der Waals surface area (Å²) in [4.78, 5) is 37.8. The molecule has 1 aliphatic carbocycles. The highest BCUT2D eigenvalue weighted by Gasteiger charge is 2.42. The van der Waals surface area contributed by atoms with Crippen molar-refractivity contribution in [2.75, 3.05) is 11.9 Å². The molecule has 0 spiro atoms. The Balaban J connectivity index is 1.92. The van der Waals surface area contributed by atoms with E-state index in [1.54, 1.807) is 41.0 Å². The third-order valence-corrected chi connectivity index (χ3v) is 5.92. The quantitative estimate of drug-likeness (QED) is 0.361. The van der Waals surface area contributed by atoms with E-state index in [1.807, 2.05) is 6.07 Å². The monoisotopic (exact) mass is 429 g/mol. The maximum Gasteiger partial charge on any atom is 0.319 e. The molecule has 0 amide bonds. The number of fused-ring (bicyclic) bond motifs is 2. The van der Waals surface area contributed by atoms with E-state index >= 15 is 0 Å². The summed E-state index contributed by atoms with van der Waals surface area (Å²) in [7, 11) is 0. The number of hydrogen-bond donors (Lipinski definition) is 2. The van der Waals surface area contributed by atoms with Crippen molar-refractivity contribution in [1.82, 2.24) is 4.57 Å². The highest BCUT2D eigenvalue weighted by atomic mass is 16.6. The fourth-order valence-electron chi connectivity index (χ4n) is 4.52. The van der Waals surface area contributed by atoms with Crippen LogP contribution in [-0.2, 0) is 11.3 Å². The summed E-state index contributed by atoms with van der Waals surface area (Å²) in [6.45, 7) is 1.04. The van der Waals surface area contributed by atoms with Crippen LogP contribution in [0.5, 0.6) is 0 Å². The van der Waals surface area contributed by atoms with E-state index < -0.39 is 22.2 Å². The largest absolute Gasteiger partial charge is 0.506 e. The second-order valence-electron chi connectivity index (χ2n) is 7.76. The van der Waals surface area contributed by atoms with Crippen molar-refractivity contribution in [3.05, 3.63) is 81.4 Å². The Hall–Kier alpha value is -4.20. The SMILES string of the molecule is O=C1C(=O)c2ccccc2C(O)=C1c1c([N+](=O)[O-])c2n(c1-c1ccccc1)CCCCN2. The first-order valence-electron chi connectivity index (χ1n) is 10.3. The smallest absolute Gasteiger partial charge is 0.319 e. The first-order valence-corrected chi connectivity index (χ1v) is 10.3. The van der Waals surface area contributed by atoms with Crippen LogP contribution in [0, 0.1) is 10.1 Å². The van der Waals surface area contributed by atoms with Gasteiger partial charge in [-0.15, -0.1) is 0 Å². The number of aliphatic hydroxyl groups excluding tert-OH is 1. The number of ketones is 2. The summed E-state index contributed by atoms with van der Waals surface area (Å²) in [6, 6.07) is 15.2. The van der Waals surface area contributed by atoms with Gasteiger partial charge >= 0.3 is 5.69 Å². The van der Waals surface area contributed by atoms with Crippen LogP contribution in [0.3, 0.4) is 0 Å². The molecule has 32 heavy (non-hydrogen) atoms. The van der Waals surface area contributed by atoms with E-state index in [0.29, 0.717) is 24.3 Å². The number of allylic oxidation sites excluding steroid dienone is 1. The lowest BCUT2D eigenvalue weighted by molar-refractivity contribution is -0.384. The Morgan fingerprint density at radius 2 is 1.62 bits per heavy atom. The van der Waals surface area contributed by atoms with Gasteiger partial charge < -0.3 is 15.0 Å². The van der Waals surface area contributed by atoms with Crippen molar-refractivity contribution in [2.24, 2.45) is 0 Å².